The van der Waals surface area contributed by atoms with Gasteiger partial charge in [0.1, 0.15) is 0 Å². The Kier molecular flexibility index (Phi) is 20.9. The molecule has 0 aliphatic rings. The van der Waals surface area contributed by atoms with Gasteiger partial charge in [-0.15, -0.1) is 0 Å². The molecule has 0 aliphatic carbocycles. The van der Waals surface area contributed by atoms with Crippen LogP contribution in [0, 0.1) is 0 Å². The molecule has 0 rings (SSSR count). The first-order chi connectivity index (χ1) is 8.82. The van der Waals surface area contributed by atoms with Gasteiger partial charge in [0, 0.05) is 32.3 Å². The fourth-order valence-electron chi connectivity index (χ4n) is 1.17. The Labute approximate surface area is 123 Å². The molecule has 5 heteroatoms. The summed E-state index contributed by atoms with van der Waals surface area (Å²) in [4.78, 5) is 0. The van der Waals surface area contributed by atoms with E-state index in [4.69, 9.17) is 0 Å². The van der Waals surface area contributed by atoms with E-state index in [1.165, 1.54) is 6.42 Å². The van der Waals surface area contributed by atoms with Crippen LogP contribution in [0.3, 0.4) is 0 Å². The average molecular weight is 296 g/mol. The van der Waals surface area contributed by atoms with Crippen LogP contribution in [-0.2, 0) is 9.47 Å². The lowest BCUT2D eigenvalue weighted by molar-refractivity contribution is -0.0877. The van der Waals surface area contributed by atoms with Crippen LogP contribution in [0.4, 0.5) is 0 Å². The molecule has 0 fully saturated rings. The minimum atomic E-state index is -0.0648. The van der Waals surface area contributed by atoms with Gasteiger partial charge in [-0.1, -0.05) is 30.2 Å². The zero-order valence-corrected chi connectivity index (χ0v) is 15.6. The maximum Gasteiger partial charge on any atom is 0.154 e. The third-order valence-corrected chi connectivity index (χ3v) is 2.66. The Morgan fingerprint density at radius 3 is 1.74 bits per heavy atom. The Morgan fingerprint density at radius 1 is 1.11 bits per heavy atom. The molecule has 0 bridgehead atoms. The molecule has 0 saturated heterocycles. The van der Waals surface area contributed by atoms with Crippen molar-refractivity contribution in [3.63, 3.8) is 0 Å². The molecule has 0 saturated carbocycles. The highest BCUT2D eigenvalue weighted by molar-refractivity contribution is 7.13. The van der Waals surface area contributed by atoms with E-state index in [-0.39, 0.29) is 11.8 Å². The molecular weight excluding hydrogens is 259 g/mol. The first kappa shape index (κ1) is 24.3. The molecule has 0 aromatic carbocycles. The van der Waals surface area contributed by atoms with Crippen LogP contribution in [0.1, 0.15) is 54.9 Å². The molecule has 4 nitrogen and oxygen atoms in total. The van der Waals surface area contributed by atoms with E-state index >= 15 is 0 Å². The van der Waals surface area contributed by atoms with E-state index in [1.807, 2.05) is 20.8 Å². The zero-order valence-electron chi connectivity index (χ0n) is 14.5. The summed E-state index contributed by atoms with van der Waals surface area (Å²) in [6, 6.07) is 0.600. The minimum absolute atomic E-state index is 0.0648. The molecule has 0 radical (unpaired) electrons. The lowest BCUT2D eigenvalue weighted by Gasteiger charge is -2.29. The molecule has 120 valence electrons. The van der Waals surface area contributed by atoms with Crippen LogP contribution in [0.2, 0.25) is 0 Å². The van der Waals surface area contributed by atoms with Crippen molar-refractivity contribution in [1.29, 1.82) is 0 Å². The number of nitrogens with one attached hydrogen (secondary N) is 2. The van der Waals surface area contributed by atoms with Gasteiger partial charge in [0.25, 0.3) is 0 Å². The lowest BCUT2D eigenvalue weighted by Crippen LogP contribution is -2.49. The van der Waals surface area contributed by atoms with Gasteiger partial charge in [-0.2, -0.15) is 0 Å². The summed E-state index contributed by atoms with van der Waals surface area (Å²) < 4.78 is 9.35. The maximum absolute atomic E-state index is 4.68. The number of hydrogen-bond acceptors (Lipinski definition) is 4. The highest BCUT2D eigenvalue weighted by Gasteiger charge is 2.17. The second-order valence-electron chi connectivity index (χ2n) is 4.76. The molecule has 2 atom stereocenters. The van der Waals surface area contributed by atoms with E-state index < -0.39 is 0 Å². The van der Waals surface area contributed by atoms with Crippen molar-refractivity contribution in [2.24, 2.45) is 0 Å². The van der Waals surface area contributed by atoms with E-state index in [9.17, 15) is 0 Å². The first-order valence-electron chi connectivity index (χ1n) is 7.09. The van der Waals surface area contributed by atoms with Gasteiger partial charge < -0.3 is 14.8 Å². The van der Waals surface area contributed by atoms with Crippen LogP contribution >= 0.6 is 9.39 Å². The topological polar surface area (TPSA) is 42.5 Å². The standard InChI is InChI=1S/C8H21N2P.C4H10O2.C2H6/c1-5-7(2)10-8(3,4)6-9-11;1-4(5-2)6-3;1-2/h7,9-10H,5-6,11H2,1-4H3;4H,1-3H3;1-2H3. The predicted molar refractivity (Wildman–Crippen MR) is 89.5 cm³/mol. The maximum atomic E-state index is 4.68. The van der Waals surface area contributed by atoms with E-state index in [0.717, 1.165) is 6.54 Å². The van der Waals surface area contributed by atoms with Crippen molar-refractivity contribution in [1.82, 2.24) is 10.4 Å². The van der Waals surface area contributed by atoms with Crippen molar-refractivity contribution in [3.05, 3.63) is 0 Å². The van der Waals surface area contributed by atoms with Gasteiger partial charge >= 0.3 is 0 Å². The summed E-state index contributed by atoms with van der Waals surface area (Å²) in [5.74, 6) is 0. The zero-order chi connectivity index (χ0) is 15.9. The van der Waals surface area contributed by atoms with Crippen LogP contribution in [0.25, 0.3) is 0 Å². The molecule has 0 aromatic heterocycles. The molecule has 0 aliphatic heterocycles. The summed E-state index contributed by atoms with van der Waals surface area (Å²) in [5.41, 5.74) is 0.192. The van der Waals surface area contributed by atoms with Crippen LogP contribution < -0.4 is 10.4 Å². The second-order valence-corrected chi connectivity index (χ2v) is 5.17. The second kappa shape index (κ2) is 16.3. The molecular formula is C14H37N2O2P. The normalized spacial score (nSPS) is 12.2. The van der Waals surface area contributed by atoms with E-state index in [2.05, 4.69) is 57.0 Å². The molecule has 0 heterocycles. The molecule has 19 heavy (non-hydrogen) atoms. The quantitative estimate of drug-likeness (QED) is 0.559. The Hall–Kier alpha value is 0.270. The summed E-state index contributed by atoms with van der Waals surface area (Å²) >= 11 is 0. The monoisotopic (exact) mass is 296 g/mol. The largest absolute Gasteiger partial charge is 0.356 e. The number of ether oxygens (including phenoxy) is 2. The summed E-state index contributed by atoms with van der Waals surface area (Å²) in [6.07, 6.45) is 1.12. The van der Waals surface area contributed by atoms with Gasteiger partial charge in [-0.05, 0) is 34.1 Å². The molecule has 0 amide bonds. The molecule has 0 spiro atoms. The van der Waals surface area contributed by atoms with Gasteiger partial charge in [0.2, 0.25) is 0 Å². The number of rotatable bonds is 7. The van der Waals surface area contributed by atoms with Crippen molar-refractivity contribution in [2.45, 2.75) is 72.8 Å². The van der Waals surface area contributed by atoms with Gasteiger partial charge in [0.05, 0.1) is 0 Å². The van der Waals surface area contributed by atoms with Crippen molar-refractivity contribution >= 4 is 9.39 Å². The lowest BCUT2D eigenvalue weighted by atomic mass is 10.0. The average Bonchev–Trinajstić information content (AvgIpc) is 2.40. The first-order valence-corrected chi connectivity index (χ1v) is 7.67. The van der Waals surface area contributed by atoms with Crippen LogP contribution in [0.15, 0.2) is 0 Å². The highest BCUT2D eigenvalue weighted by atomic mass is 31.0. The number of methoxy groups -OCH3 is 2. The predicted octanol–water partition coefficient (Wildman–Crippen LogP) is 3.18. The Bertz CT molecular complexity index is 166. The minimum Gasteiger partial charge on any atom is -0.356 e. The number of hydrogen-bond donors (Lipinski definition) is 2. The van der Waals surface area contributed by atoms with E-state index in [0.29, 0.717) is 6.04 Å². The highest BCUT2D eigenvalue weighted by Crippen LogP contribution is 2.04. The fraction of sp³-hybridized carbons (Fsp3) is 1.00. The van der Waals surface area contributed by atoms with Gasteiger partial charge in [-0.25, -0.2) is 0 Å². The third kappa shape index (κ3) is 20.7. The summed E-state index contributed by atoms with van der Waals surface area (Å²) in [6.45, 7) is 15.6. The van der Waals surface area contributed by atoms with Gasteiger partial charge in [0.15, 0.2) is 6.29 Å². The van der Waals surface area contributed by atoms with Crippen molar-refractivity contribution in [3.8, 4) is 0 Å². The third-order valence-electron chi connectivity index (χ3n) is 2.46. The van der Waals surface area contributed by atoms with Crippen LogP contribution in [0.5, 0.6) is 0 Å². The van der Waals surface area contributed by atoms with Crippen molar-refractivity contribution in [2.75, 3.05) is 20.8 Å². The Balaban J connectivity index is -0.000000271. The smallest absolute Gasteiger partial charge is 0.154 e. The molecule has 2 unspecified atom stereocenters. The summed E-state index contributed by atoms with van der Waals surface area (Å²) in [5, 5.41) is 6.62. The molecule has 2 N–H and O–H groups in total. The van der Waals surface area contributed by atoms with Crippen LogP contribution in [-0.4, -0.2) is 38.6 Å². The van der Waals surface area contributed by atoms with Crippen molar-refractivity contribution < 1.29 is 9.47 Å². The summed E-state index contributed by atoms with van der Waals surface area (Å²) in [7, 11) is 5.74. The Morgan fingerprint density at radius 2 is 1.53 bits per heavy atom. The van der Waals surface area contributed by atoms with E-state index in [1.54, 1.807) is 14.2 Å². The van der Waals surface area contributed by atoms with Gasteiger partial charge in [-0.3, -0.25) is 5.09 Å². The fourth-order valence-corrected chi connectivity index (χ4v) is 1.68. The molecule has 0 aromatic rings. The SMILES string of the molecule is CC.CCC(C)NC(C)(C)CNP.COC(C)OC.